The van der Waals surface area contributed by atoms with Crippen molar-refractivity contribution in [2.45, 2.75) is 25.8 Å². The molecule has 6 nitrogen and oxygen atoms in total. The molecule has 1 rings (SSSR count). The van der Waals surface area contributed by atoms with Crippen LogP contribution in [0.25, 0.3) is 0 Å². The number of aliphatic carboxylic acids is 1. The molecule has 0 radical (unpaired) electrons. The Morgan fingerprint density at radius 2 is 2.00 bits per heavy atom. The molecule has 1 amide bonds. The third kappa shape index (κ3) is 5.01. The van der Waals surface area contributed by atoms with E-state index in [1.54, 1.807) is 14.0 Å². The van der Waals surface area contributed by atoms with Crippen molar-refractivity contribution in [3.05, 3.63) is 0 Å². The average Bonchev–Trinajstić information content (AvgIpc) is 2.35. The minimum absolute atomic E-state index is 0.00441. The number of hydrogen-bond donors (Lipinski definition) is 1. The number of amides is 1. The number of morpholine rings is 1. The highest BCUT2D eigenvalue weighted by atomic mass is 16.5. The molecule has 0 aromatic rings. The van der Waals surface area contributed by atoms with Gasteiger partial charge in [0.1, 0.15) is 0 Å². The van der Waals surface area contributed by atoms with Gasteiger partial charge in [0.05, 0.1) is 19.6 Å². The van der Waals surface area contributed by atoms with Gasteiger partial charge in [-0.15, -0.1) is 0 Å². The molecule has 1 unspecified atom stereocenters. The Balaban J connectivity index is 2.28. The Morgan fingerprint density at radius 3 is 2.56 bits per heavy atom. The Kier molecular flexibility index (Phi) is 6.07. The van der Waals surface area contributed by atoms with Crippen LogP contribution >= 0.6 is 0 Å². The summed E-state index contributed by atoms with van der Waals surface area (Å²) in [5.41, 5.74) is 0. The first-order valence-electron chi connectivity index (χ1n) is 6.28. The van der Waals surface area contributed by atoms with Crippen molar-refractivity contribution in [2.75, 3.05) is 39.9 Å². The Morgan fingerprint density at radius 1 is 1.39 bits per heavy atom. The molecule has 0 saturated carbocycles. The van der Waals surface area contributed by atoms with E-state index in [0.717, 1.165) is 26.3 Å². The largest absolute Gasteiger partial charge is 0.481 e. The lowest BCUT2D eigenvalue weighted by Gasteiger charge is -2.28. The maximum Gasteiger partial charge on any atom is 0.305 e. The zero-order chi connectivity index (χ0) is 13.5. The van der Waals surface area contributed by atoms with Gasteiger partial charge in [0.15, 0.2) is 0 Å². The Hall–Kier alpha value is -1.14. The third-order valence-electron chi connectivity index (χ3n) is 3.27. The highest BCUT2D eigenvalue weighted by Gasteiger charge is 2.19. The molecule has 104 valence electrons. The van der Waals surface area contributed by atoms with Crippen LogP contribution in [0.5, 0.6) is 0 Å². The standard InChI is InChI=1S/C12H22N2O4/c1-10(9-12(16)17)13(2)11(15)3-4-14-5-7-18-8-6-14/h10H,3-9H2,1-2H3,(H,16,17). The summed E-state index contributed by atoms with van der Waals surface area (Å²) in [7, 11) is 1.66. The summed E-state index contributed by atoms with van der Waals surface area (Å²) in [6.07, 6.45) is 0.417. The highest BCUT2D eigenvalue weighted by molar-refractivity contribution is 5.77. The first-order chi connectivity index (χ1) is 8.50. The van der Waals surface area contributed by atoms with Gasteiger partial charge in [-0.3, -0.25) is 14.5 Å². The van der Waals surface area contributed by atoms with Crippen LogP contribution in [0.15, 0.2) is 0 Å². The van der Waals surface area contributed by atoms with E-state index in [0.29, 0.717) is 13.0 Å². The van der Waals surface area contributed by atoms with Crippen LogP contribution in [0, 0.1) is 0 Å². The Labute approximate surface area is 107 Å². The zero-order valence-electron chi connectivity index (χ0n) is 11.1. The summed E-state index contributed by atoms with van der Waals surface area (Å²) in [5, 5.41) is 8.69. The van der Waals surface area contributed by atoms with Gasteiger partial charge in [-0.25, -0.2) is 0 Å². The molecule has 0 spiro atoms. The molecule has 0 bridgehead atoms. The molecule has 1 fully saturated rings. The molecular weight excluding hydrogens is 236 g/mol. The number of carbonyl (C=O) groups is 2. The number of hydrogen-bond acceptors (Lipinski definition) is 4. The summed E-state index contributed by atoms with van der Waals surface area (Å²) in [6.45, 7) is 5.63. The molecule has 1 aliphatic heterocycles. The number of nitrogens with zero attached hydrogens (tertiary/aromatic N) is 2. The highest BCUT2D eigenvalue weighted by Crippen LogP contribution is 2.05. The van der Waals surface area contributed by atoms with Gasteiger partial charge >= 0.3 is 5.97 Å². The van der Waals surface area contributed by atoms with E-state index in [1.165, 1.54) is 4.90 Å². The summed E-state index contributed by atoms with van der Waals surface area (Å²) in [6, 6.07) is -0.264. The van der Waals surface area contributed by atoms with E-state index >= 15 is 0 Å². The van der Waals surface area contributed by atoms with Crippen molar-refractivity contribution in [3.63, 3.8) is 0 Å². The summed E-state index contributed by atoms with van der Waals surface area (Å²) < 4.78 is 5.23. The minimum atomic E-state index is -0.879. The number of ether oxygens (including phenoxy) is 1. The van der Waals surface area contributed by atoms with Crippen molar-refractivity contribution < 1.29 is 19.4 Å². The monoisotopic (exact) mass is 258 g/mol. The molecule has 1 heterocycles. The molecular formula is C12H22N2O4. The lowest BCUT2D eigenvalue weighted by atomic mass is 10.2. The fourth-order valence-corrected chi connectivity index (χ4v) is 1.89. The maximum atomic E-state index is 11.9. The topological polar surface area (TPSA) is 70.1 Å². The second-order valence-electron chi connectivity index (χ2n) is 4.66. The SMILES string of the molecule is CC(CC(=O)O)N(C)C(=O)CCN1CCOCC1. The van der Waals surface area contributed by atoms with Crippen LogP contribution in [-0.2, 0) is 14.3 Å². The first kappa shape index (κ1) is 14.9. The van der Waals surface area contributed by atoms with Crippen LogP contribution in [-0.4, -0.2) is 72.7 Å². The van der Waals surface area contributed by atoms with Gasteiger partial charge in [0, 0.05) is 39.1 Å². The molecule has 0 aliphatic carbocycles. The van der Waals surface area contributed by atoms with E-state index in [-0.39, 0.29) is 18.4 Å². The zero-order valence-corrected chi connectivity index (χ0v) is 11.1. The van der Waals surface area contributed by atoms with Crippen LogP contribution in [0.1, 0.15) is 19.8 Å². The predicted molar refractivity (Wildman–Crippen MR) is 66.4 cm³/mol. The lowest BCUT2D eigenvalue weighted by molar-refractivity contribution is -0.140. The molecule has 18 heavy (non-hydrogen) atoms. The summed E-state index contributed by atoms with van der Waals surface area (Å²) in [4.78, 5) is 26.2. The van der Waals surface area contributed by atoms with E-state index in [1.807, 2.05) is 0 Å². The third-order valence-corrected chi connectivity index (χ3v) is 3.27. The smallest absolute Gasteiger partial charge is 0.305 e. The molecule has 1 saturated heterocycles. The van der Waals surface area contributed by atoms with E-state index < -0.39 is 5.97 Å². The fourth-order valence-electron chi connectivity index (χ4n) is 1.89. The van der Waals surface area contributed by atoms with Crippen molar-refractivity contribution in [2.24, 2.45) is 0 Å². The predicted octanol–water partition coefficient (Wildman–Crippen LogP) is 0.0303. The summed E-state index contributed by atoms with van der Waals surface area (Å²) >= 11 is 0. The molecule has 0 aromatic heterocycles. The maximum absolute atomic E-state index is 11.9. The molecule has 1 N–H and O–H groups in total. The van der Waals surface area contributed by atoms with Gasteiger partial charge in [0.25, 0.3) is 0 Å². The average molecular weight is 258 g/mol. The first-order valence-corrected chi connectivity index (χ1v) is 6.28. The number of rotatable bonds is 6. The second-order valence-corrected chi connectivity index (χ2v) is 4.66. The normalized spacial score (nSPS) is 18.3. The van der Waals surface area contributed by atoms with Crippen molar-refractivity contribution in [1.82, 2.24) is 9.80 Å². The van der Waals surface area contributed by atoms with Crippen LogP contribution in [0.4, 0.5) is 0 Å². The van der Waals surface area contributed by atoms with Crippen LogP contribution < -0.4 is 0 Å². The van der Waals surface area contributed by atoms with Crippen molar-refractivity contribution >= 4 is 11.9 Å². The van der Waals surface area contributed by atoms with Crippen molar-refractivity contribution in [1.29, 1.82) is 0 Å². The van der Waals surface area contributed by atoms with Gasteiger partial charge in [-0.1, -0.05) is 0 Å². The molecule has 1 aliphatic rings. The minimum Gasteiger partial charge on any atom is -0.481 e. The number of carbonyl (C=O) groups excluding carboxylic acids is 1. The van der Waals surface area contributed by atoms with Crippen molar-refractivity contribution in [3.8, 4) is 0 Å². The van der Waals surface area contributed by atoms with Crippen LogP contribution in [0.3, 0.4) is 0 Å². The van der Waals surface area contributed by atoms with Gasteiger partial charge in [-0.05, 0) is 6.92 Å². The number of carboxylic acid groups (broad SMARTS) is 1. The second kappa shape index (κ2) is 7.33. The molecule has 6 heteroatoms. The Bertz CT molecular complexity index is 290. The summed E-state index contributed by atoms with van der Waals surface area (Å²) in [5.74, 6) is -0.884. The van der Waals surface area contributed by atoms with Gasteiger partial charge < -0.3 is 14.7 Å². The van der Waals surface area contributed by atoms with Gasteiger partial charge in [-0.2, -0.15) is 0 Å². The number of carboxylic acids is 1. The van der Waals surface area contributed by atoms with E-state index in [2.05, 4.69) is 4.90 Å². The van der Waals surface area contributed by atoms with E-state index in [4.69, 9.17) is 9.84 Å². The molecule has 1 atom stereocenters. The van der Waals surface area contributed by atoms with E-state index in [9.17, 15) is 9.59 Å². The van der Waals surface area contributed by atoms with Gasteiger partial charge in [0.2, 0.25) is 5.91 Å². The fraction of sp³-hybridized carbons (Fsp3) is 0.833. The lowest BCUT2D eigenvalue weighted by Crippen LogP contribution is -2.41. The molecule has 0 aromatic carbocycles. The van der Waals surface area contributed by atoms with Crippen LogP contribution in [0.2, 0.25) is 0 Å². The quantitative estimate of drug-likeness (QED) is 0.728.